The van der Waals surface area contributed by atoms with Gasteiger partial charge in [-0.15, -0.1) is 0 Å². The number of ether oxygens (including phenoxy) is 1. The van der Waals surface area contributed by atoms with E-state index in [1.165, 1.54) is 25.7 Å². The first kappa shape index (κ1) is 15.8. The van der Waals surface area contributed by atoms with E-state index in [1.807, 2.05) is 24.3 Å². The molecule has 0 heterocycles. The Kier molecular flexibility index (Phi) is 6.80. The Hall–Kier alpha value is -0.610. The highest BCUT2D eigenvalue weighted by Crippen LogP contribution is 2.33. The number of benzene rings is 1. The average molecular weight is 298 g/mol. The summed E-state index contributed by atoms with van der Waals surface area (Å²) in [7, 11) is 0. The van der Waals surface area contributed by atoms with Gasteiger partial charge in [-0.3, -0.25) is 0 Å². The van der Waals surface area contributed by atoms with Gasteiger partial charge < -0.3 is 15.2 Å². The van der Waals surface area contributed by atoms with Crippen molar-refractivity contribution < 1.29 is 9.84 Å². The van der Waals surface area contributed by atoms with Crippen LogP contribution in [0.15, 0.2) is 24.3 Å². The third-order valence-corrected chi connectivity index (χ3v) is 3.94. The van der Waals surface area contributed by atoms with E-state index < -0.39 is 6.10 Å². The quantitative estimate of drug-likeness (QED) is 0.652. The van der Waals surface area contributed by atoms with Gasteiger partial charge in [0, 0.05) is 11.6 Å². The van der Waals surface area contributed by atoms with E-state index in [4.69, 9.17) is 16.3 Å². The molecule has 2 N–H and O–H groups in total. The Bertz CT molecular complexity index is 396. The van der Waals surface area contributed by atoms with E-state index >= 15 is 0 Å². The molecule has 0 aliphatic heterocycles. The smallest absolute Gasteiger partial charge is 0.0897 e. The van der Waals surface area contributed by atoms with Gasteiger partial charge in [0.05, 0.1) is 19.3 Å². The highest BCUT2D eigenvalue weighted by molar-refractivity contribution is 6.31. The molecule has 1 atom stereocenters. The number of hydrogen-bond acceptors (Lipinski definition) is 3. The number of nitrogens with one attached hydrogen (secondary N) is 1. The summed E-state index contributed by atoms with van der Waals surface area (Å²) in [6.45, 7) is 2.35. The summed E-state index contributed by atoms with van der Waals surface area (Å²) in [5.41, 5.74) is 0.957. The molecule has 1 aromatic rings. The van der Waals surface area contributed by atoms with E-state index in [1.54, 1.807) is 0 Å². The molecule has 0 spiro atoms. The molecule has 1 unspecified atom stereocenters. The Morgan fingerprint density at radius 3 is 2.90 bits per heavy atom. The third-order valence-electron chi connectivity index (χ3n) is 3.57. The third kappa shape index (κ3) is 6.23. The zero-order chi connectivity index (χ0) is 14.2. The van der Waals surface area contributed by atoms with Crippen LogP contribution in [0, 0.1) is 5.92 Å². The van der Waals surface area contributed by atoms with Crippen LogP contribution < -0.4 is 5.32 Å². The summed E-state index contributed by atoms with van der Waals surface area (Å²) in [5, 5.41) is 13.8. The molecule has 0 aromatic heterocycles. The summed E-state index contributed by atoms with van der Waals surface area (Å²) in [6.07, 6.45) is 4.90. The lowest BCUT2D eigenvalue weighted by Crippen LogP contribution is -2.31. The zero-order valence-corrected chi connectivity index (χ0v) is 12.6. The van der Waals surface area contributed by atoms with Crippen molar-refractivity contribution in [2.75, 3.05) is 19.7 Å². The molecule has 0 radical (unpaired) electrons. The summed E-state index contributed by atoms with van der Waals surface area (Å²) in [6, 6.07) is 7.61. The predicted octanol–water partition coefficient (Wildman–Crippen LogP) is 3.00. The molecule has 1 fully saturated rings. The Balaban J connectivity index is 1.49. The molecule has 1 aromatic carbocycles. The van der Waals surface area contributed by atoms with Crippen LogP contribution >= 0.6 is 11.6 Å². The minimum Gasteiger partial charge on any atom is -0.389 e. The van der Waals surface area contributed by atoms with Crippen LogP contribution in [0.2, 0.25) is 5.02 Å². The van der Waals surface area contributed by atoms with Crippen molar-refractivity contribution in [2.24, 2.45) is 5.92 Å². The van der Waals surface area contributed by atoms with Crippen molar-refractivity contribution in [3.8, 4) is 0 Å². The van der Waals surface area contributed by atoms with Crippen molar-refractivity contribution in [3.05, 3.63) is 34.9 Å². The van der Waals surface area contributed by atoms with Gasteiger partial charge in [0.2, 0.25) is 0 Å². The van der Waals surface area contributed by atoms with Crippen LogP contribution in [-0.2, 0) is 11.3 Å². The highest BCUT2D eigenvalue weighted by Gasteiger charge is 2.19. The number of aliphatic hydroxyl groups is 1. The minimum absolute atomic E-state index is 0.334. The maximum absolute atomic E-state index is 9.80. The summed E-state index contributed by atoms with van der Waals surface area (Å²) in [4.78, 5) is 0. The summed E-state index contributed by atoms with van der Waals surface area (Å²) >= 11 is 6.03. The Morgan fingerprint density at radius 2 is 2.15 bits per heavy atom. The predicted molar refractivity (Wildman–Crippen MR) is 81.9 cm³/mol. The van der Waals surface area contributed by atoms with Gasteiger partial charge >= 0.3 is 0 Å². The lowest BCUT2D eigenvalue weighted by Gasteiger charge is -2.13. The minimum atomic E-state index is -0.460. The van der Waals surface area contributed by atoms with Gasteiger partial charge in [-0.1, -0.05) is 42.6 Å². The van der Waals surface area contributed by atoms with E-state index in [2.05, 4.69) is 5.32 Å². The van der Waals surface area contributed by atoms with E-state index in [0.29, 0.717) is 24.8 Å². The van der Waals surface area contributed by atoms with Crippen LogP contribution in [0.25, 0.3) is 0 Å². The maximum atomic E-state index is 9.80. The largest absolute Gasteiger partial charge is 0.389 e. The first-order valence-corrected chi connectivity index (χ1v) is 7.83. The van der Waals surface area contributed by atoms with E-state index in [9.17, 15) is 5.11 Å². The van der Waals surface area contributed by atoms with Crippen molar-refractivity contribution in [1.29, 1.82) is 0 Å². The molecule has 0 amide bonds. The van der Waals surface area contributed by atoms with Crippen LogP contribution in [0.4, 0.5) is 0 Å². The van der Waals surface area contributed by atoms with E-state index in [0.717, 1.165) is 18.0 Å². The number of halogens is 1. The molecule has 0 bridgehead atoms. The Morgan fingerprint density at radius 1 is 1.35 bits per heavy atom. The first-order valence-electron chi connectivity index (χ1n) is 7.45. The first-order chi connectivity index (χ1) is 9.75. The molecule has 112 valence electrons. The van der Waals surface area contributed by atoms with Crippen LogP contribution in [0.3, 0.4) is 0 Å². The van der Waals surface area contributed by atoms with Crippen LogP contribution in [-0.4, -0.2) is 30.9 Å². The van der Waals surface area contributed by atoms with E-state index in [-0.39, 0.29) is 0 Å². The zero-order valence-electron chi connectivity index (χ0n) is 11.9. The second-order valence-electron chi connectivity index (χ2n) is 5.55. The van der Waals surface area contributed by atoms with Gasteiger partial charge in [0.25, 0.3) is 0 Å². The van der Waals surface area contributed by atoms with Gasteiger partial charge in [-0.2, -0.15) is 0 Å². The molecule has 1 saturated carbocycles. The molecule has 3 nitrogen and oxygen atoms in total. The van der Waals surface area contributed by atoms with Gasteiger partial charge in [-0.25, -0.2) is 0 Å². The molecule has 1 aliphatic rings. The molecule has 4 heteroatoms. The normalized spacial score (nSPS) is 16.3. The average Bonchev–Trinajstić information content (AvgIpc) is 3.25. The van der Waals surface area contributed by atoms with Crippen LogP contribution in [0.1, 0.15) is 31.2 Å². The Labute approximate surface area is 126 Å². The maximum Gasteiger partial charge on any atom is 0.0897 e. The fourth-order valence-electron chi connectivity index (χ4n) is 2.17. The molecule has 2 rings (SSSR count). The lowest BCUT2D eigenvalue weighted by molar-refractivity contribution is 0.0289. The van der Waals surface area contributed by atoms with Gasteiger partial charge in [-0.05, 0) is 36.9 Å². The van der Waals surface area contributed by atoms with Crippen molar-refractivity contribution in [2.45, 2.75) is 38.4 Å². The molecule has 20 heavy (non-hydrogen) atoms. The van der Waals surface area contributed by atoms with Crippen molar-refractivity contribution in [3.63, 3.8) is 0 Å². The summed E-state index contributed by atoms with van der Waals surface area (Å²) < 4.78 is 5.49. The van der Waals surface area contributed by atoms with Crippen LogP contribution in [0.5, 0.6) is 0 Å². The van der Waals surface area contributed by atoms with Crippen molar-refractivity contribution in [1.82, 2.24) is 5.32 Å². The lowest BCUT2D eigenvalue weighted by atomic mass is 10.2. The second kappa shape index (κ2) is 8.63. The molecule has 1 aliphatic carbocycles. The molecular weight excluding hydrogens is 274 g/mol. The number of hydrogen-bond donors (Lipinski definition) is 2. The van der Waals surface area contributed by atoms with Gasteiger partial charge in [0.1, 0.15) is 0 Å². The number of aliphatic hydroxyl groups excluding tert-OH is 1. The molecular formula is C16H24ClNO2. The number of rotatable bonds is 10. The SMILES string of the molecule is OC(CNCCCC1CC1)COCc1ccccc1Cl. The standard InChI is InChI=1S/C16H24ClNO2/c17-16-6-2-1-5-14(16)11-20-12-15(19)10-18-9-3-4-13-7-8-13/h1-2,5-6,13,15,18-19H,3-4,7-12H2. The highest BCUT2D eigenvalue weighted by atomic mass is 35.5. The molecule has 0 saturated heterocycles. The van der Waals surface area contributed by atoms with Gasteiger partial charge in [0.15, 0.2) is 0 Å². The topological polar surface area (TPSA) is 41.5 Å². The second-order valence-corrected chi connectivity index (χ2v) is 5.96. The fourth-order valence-corrected chi connectivity index (χ4v) is 2.36. The van der Waals surface area contributed by atoms with Crippen molar-refractivity contribution >= 4 is 11.6 Å². The summed E-state index contributed by atoms with van der Waals surface area (Å²) in [5.74, 6) is 0.987. The fraction of sp³-hybridized carbons (Fsp3) is 0.625. The monoisotopic (exact) mass is 297 g/mol.